The summed E-state index contributed by atoms with van der Waals surface area (Å²) in [5.74, 6) is -0.593. The highest BCUT2D eigenvalue weighted by Crippen LogP contribution is 2.30. The SMILES string of the molecule is CCC1CCCN(c2c(F)cccc2/C=C/C(=O)O)CC1. The lowest BCUT2D eigenvalue weighted by Gasteiger charge is -2.25. The monoisotopic (exact) mass is 291 g/mol. The molecule has 1 heterocycles. The number of carbonyl (C=O) groups is 1. The van der Waals surface area contributed by atoms with Gasteiger partial charge in [-0.3, -0.25) is 0 Å². The maximum absolute atomic E-state index is 14.2. The third kappa shape index (κ3) is 4.06. The quantitative estimate of drug-likeness (QED) is 0.854. The van der Waals surface area contributed by atoms with Crippen molar-refractivity contribution in [1.29, 1.82) is 0 Å². The first-order valence-corrected chi connectivity index (χ1v) is 7.56. The summed E-state index contributed by atoms with van der Waals surface area (Å²) < 4.78 is 14.2. The van der Waals surface area contributed by atoms with Crippen molar-refractivity contribution >= 4 is 17.7 Å². The molecule has 1 fully saturated rings. The van der Waals surface area contributed by atoms with Gasteiger partial charge in [0.15, 0.2) is 0 Å². The van der Waals surface area contributed by atoms with E-state index in [9.17, 15) is 9.18 Å². The van der Waals surface area contributed by atoms with Crippen LogP contribution in [0.3, 0.4) is 0 Å². The van der Waals surface area contributed by atoms with Gasteiger partial charge in [0.05, 0.1) is 5.69 Å². The molecule has 1 unspecified atom stereocenters. The van der Waals surface area contributed by atoms with Crippen LogP contribution < -0.4 is 4.90 Å². The molecule has 1 atom stereocenters. The van der Waals surface area contributed by atoms with Crippen LogP contribution in [0.25, 0.3) is 6.08 Å². The first kappa shape index (κ1) is 15.5. The van der Waals surface area contributed by atoms with Crippen LogP contribution in [0.4, 0.5) is 10.1 Å². The molecule has 2 rings (SSSR count). The molecule has 0 aromatic heterocycles. The van der Waals surface area contributed by atoms with Gasteiger partial charge in [0.1, 0.15) is 5.82 Å². The normalized spacial score (nSPS) is 19.7. The summed E-state index contributed by atoms with van der Waals surface area (Å²) in [6, 6.07) is 4.82. The van der Waals surface area contributed by atoms with Crippen molar-refractivity contribution in [3.8, 4) is 0 Å². The molecular weight excluding hydrogens is 269 g/mol. The Hall–Kier alpha value is -1.84. The summed E-state index contributed by atoms with van der Waals surface area (Å²) in [6.07, 6.45) is 6.99. The second-order valence-corrected chi connectivity index (χ2v) is 5.54. The van der Waals surface area contributed by atoms with Gasteiger partial charge < -0.3 is 10.0 Å². The molecular formula is C17H22FNO2. The van der Waals surface area contributed by atoms with Crippen LogP contribution in [0.1, 0.15) is 38.2 Å². The van der Waals surface area contributed by atoms with E-state index in [4.69, 9.17) is 5.11 Å². The average molecular weight is 291 g/mol. The van der Waals surface area contributed by atoms with Gasteiger partial charge in [0.2, 0.25) is 0 Å². The van der Waals surface area contributed by atoms with E-state index in [-0.39, 0.29) is 5.82 Å². The fourth-order valence-corrected chi connectivity index (χ4v) is 2.96. The fraction of sp³-hybridized carbons (Fsp3) is 0.471. The number of nitrogens with zero attached hydrogens (tertiary/aromatic N) is 1. The zero-order valence-electron chi connectivity index (χ0n) is 12.4. The van der Waals surface area contributed by atoms with Crippen LogP contribution in [0.5, 0.6) is 0 Å². The number of para-hydroxylation sites is 1. The molecule has 0 aliphatic carbocycles. The van der Waals surface area contributed by atoms with E-state index in [0.717, 1.165) is 38.4 Å². The van der Waals surface area contributed by atoms with Crippen LogP contribution in [-0.4, -0.2) is 24.2 Å². The molecule has 1 saturated heterocycles. The third-order valence-corrected chi connectivity index (χ3v) is 4.16. The Morgan fingerprint density at radius 1 is 1.43 bits per heavy atom. The number of rotatable bonds is 4. The molecule has 1 aliphatic rings. The largest absolute Gasteiger partial charge is 0.478 e. The van der Waals surface area contributed by atoms with Crippen molar-refractivity contribution in [3.05, 3.63) is 35.7 Å². The molecule has 4 heteroatoms. The maximum atomic E-state index is 14.2. The highest BCUT2D eigenvalue weighted by molar-refractivity contribution is 5.87. The van der Waals surface area contributed by atoms with Gasteiger partial charge >= 0.3 is 5.97 Å². The number of anilines is 1. The van der Waals surface area contributed by atoms with Crippen molar-refractivity contribution in [2.75, 3.05) is 18.0 Å². The zero-order chi connectivity index (χ0) is 15.2. The van der Waals surface area contributed by atoms with Gasteiger partial charge in [-0.1, -0.05) is 25.5 Å². The topological polar surface area (TPSA) is 40.5 Å². The van der Waals surface area contributed by atoms with E-state index in [1.807, 2.05) is 0 Å². The Kier molecular flexibility index (Phi) is 5.37. The van der Waals surface area contributed by atoms with E-state index >= 15 is 0 Å². The van der Waals surface area contributed by atoms with Crippen LogP contribution in [0.15, 0.2) is 24.3 Å². The lowest BCUT2D eigenvalue weighted by atomic mass is 9.98. The van der Waals surface area contributed by atoms with Crippen LogP contribution >= 0.6 is 0 Å². The molecule has 1 aromatic rings. The Morgan fingerprint density at radius 3 is 2.95 bits per heavy atom. The number of hydrogen-bond donors (Lipinski definition) is 1. The summed E-state index contributed by atoms with van der Waals surface area (Å²) in [6.45, 7) is 3.85. The minimum Gasteiger partial charge on any atom is -0.478 e. The minimum absolute atomic E-state index is 0.280. The molecule has 3 nitrogen and oxygen atoms in total. The molecule has 0 radical (unpaired) electrons. The number of halogens is 1. The Balaban J connectivity index is 2.27. The molecule has 114 valence electrons. The second-order valence-electron chi connectivity index (χ2n) is 5.54. The Morgan fingerprint density at radius 2 is 2.24 bits per heavy atom. The van der Waals surface area contributed by atoms with E-state index in [0.29, 0.717) is 17.2 Å². The molecule has 1 N–H and O–H groups in total. The van der Waals surface area contributed by atoms with Crippen LogP contribution in [-0.2, 0) is 4.79 Å². The minimum atomic E-state index is -1.02. The average Bonchev–Trinajstić information content (AvgIpc) is 2.70. The Bertz CT molecular complexity index is 528. The van der Waals surface area contributed by atoms with Crippen molar-refractivity contribution in [3.63, 3.8) is 0 Å². The predicted octanol–water partition coefficient (Wildman–Crippen LogP) is 3.94. The summed E-state index contributed by atoms with van der Waals surface area (Å²) in [5.41, 5.74) is 1.17. The van der Waals surface area contributed by atoms with Gasteiger partial charge in [-0.2, -0.15) is 0 Å². The molecule has 1 aliphatic heterocycles. The van der Waals surface area contributed by atoms with Crippen LogP contribution in [0.2, 0.25) is 0 Å². The summed E-state index contributed by atoms with van der Waals surface area (Å²) in [5, 5.41) is 8.76. The van der Waals surface area contributed by atoms with Gasteiger partial charge in [-0.25, -0.2) is 9.18 Å². The number of aliphatic carboxylic acids is 1. The zero-order valence-corrected chi connectivity index (χ0v) is 12.4. The molecule has 0 bridgehead atoms. The standard InChI is InChI=1S/C17H22FNO2/c1-2-13-5-4-11-19(12-10-13)17-14(8-9-16(20)21)6-3-7-15(17)18/h3,6-9,13H,2,4-5,10-12H2,1H3,(H,20,21)/b9-8+. The second kappa shape index (κ2) is 7.25. The molecule has 0 spiro atoms. The smallest absolute Gasteiger partial charge is 0.328 e. The first-order valence-electron chi connectivity index (χ1n) is 7.56. The number of benzene rings is 1. The fourth-order valence-electron chi connectivity index (χ4n) is 2.96. The molecule has 0 amide bonds. The lowest BCUT2D eigenvalue weighted by Crippen LogP contribution is -2.26. The Labute approximate surface area is 125 Å². The van der Waals surface area contributed by atoms with Gasteiger partial charge in [-0.15, -0.1) is 0 Å². The molecule has 1 aromatic carbocycles. The molecule has 21 heavy (non-hydrogen) atoms. The summed E-state index contributed by atoms with van der Waals surface area (Å²) in [4.78, 5) is 12.7. The molecule has 0 saturated carbocycles. The van der Waals surface area contributed by atoms with E-state index in [1.165, 1.54) is 18.6 Å². The van der Waals surface area contributed by atoms with Gasteiger partial charge in [-0.05, 0) is 37.3 Å². The van der Waals surface area contributed by atoms with Crippen LogP contribution in [0, 0.1) is 11.7 Å². The number of carboxylic acids is 1. The van der Waals surface area contributed by atoms with E-state index < -0.39 is 5.97 Å². The number of hydrogen-bond acceptors (Lipinski definition) is 2. The summed E-state index contributed by atoms with van der Waals surface area (Å²) in [7, 11) is 0. The summed E-state index contributed by atoms with van der Waals surface area (Å²) >= 11 is 0. The van der Waals surface area contributed by atoms with E-state index in [1.54, 1.807) is 12.1 Å². The van der Waals surface area contributed by atoms with Crippen molar-refractivity contribution in [1.82, 2.24) is 0 Å². The number of carboxylic acid groups (broad SMARTS) is 1. The first-order chi connectivity index (χ1) is 10.1. The highest BCUT2D eigenvalue weighted by atomic mass is 19.1. The predicted molar refractivity (Wildman–Crippen MR) is 82.9 cm³/mol. The van der Waals surface area contributed by atoms with Crippen molar-refractivity contribution in [2.45, 2.75) is 32.6 Å². The van der Waals surface area contributed by atoms with Gasteiger partial charge in [0, 0.05) is 24.7 Å². The van der Waals surface area contributed by atoms with Gasteiger partial charge in [0.25, 0.3) is 0 Å². The highest BCUT2D eigenvalue weighted by Gasteiger charge is 2.20. The third-order valence-electron chi connectivity index (χ3n) is 4.16. The van der Waals surface area contributed by atoms with Crippen molar-refractivity contribution < 1.29 is 14.3 Å². The lowest BCUT2D eigenvalue weighted by molar-refractivity contribution is -0.131. The van der Waals surface area contributed by atoms with E-state index in [2.05, 4.69) is 11.8 Å². The maximum Gasteiger partial charge on any atom is 0.328 e. The van der Waals surface area contributed by atoms with Crippen molar-refractivity contribution in [2.24, 2.45) is 5.92 Å².